The van der Waals surface area contributed by atoms with Gasteiger partial charge in [0, 0.05) is 19.2 Å². The van der Waals surface area contributed by atoms with Crippen LogP contribution in [-0.2, 0) is 11.2 Å². The van der Waals surface area contributed by atoms with Gasteiger partial charge in [0.2, 0.25) is 0 Å². The number of carbonyl (C=O) groups is 1. The lowest BCUT2D eigenvalue weighted by Gasteiger charge is -2.32. The Hall–Kier alpha value is -3.06. The number of nitrogens with zero attached hydrogens (tertiary/aromatic N) is 4. The summed E-state index contributed by atoms with van der Waals surface area (Å²) < 4.78 is 11.3. The summed E-state index contributed by atoms with van der Waals surface area (Å²) >= 11 is 0. The molecule has 7 heteroatoms. The van der Waals surface area contributed by atoms with Gasteiger partial charge in [-0.3, -0.25) is 9.78 Å². The Morgan fingerprint density at radius 2 is 2.14 bits per heavy atom. The van der Waals surface area contributed by atoms with Crippen LogP contribution in [0.4, 0.5) is 0 Å². The highest BCUT2D eigenvalue weighted by Gasteiger charge is 2.28. The van der Waals surface area contributed by atoms with Gasteiger partial charge in [0.25, 0.3) is 5.91 Å². The molecule has 0 spiro atoms. The summed E-state index contributed by atoms with van der Waals surface area (Å²) in [5, 5.41) is 4.07. The molecule has 1 aliphatic rings. The van der Waals surface area contributed by atoms with Crippen LogP contribution in [0.3, 0.4) is 0 Å². The molecular weight excluding hydrogens is 356 g/mol. The molecule has 144 valence electrons. The lowest BCUT2D eigenvalue weighted by Crippen LogP contribution is -2.42. The molecule has 1 fully saturated rings. The van der Waals surface area contributed by atoms with Crippen LogP contribution in [0.2, 0.25) is 0 Å². The number of aromatic nitrogens is 3. The lowest BCUT2D eigenvalue weighted by molar-refractivity contribution is -0.0248. The van der Waals surface area contributed by atoms with Crippen molar-refractivity contribution in [2.45, 2.75) is 26.4 Å². The van der Waals surface area contributed by atoms with E-state index in [1.807, 2.05) is 38.1 Å². The molecule has 0 radical (unpaired) electrons. The summed E-state index contributed by atoms with van der Waals surface area (Å²) in [6, 6.07) is 11.2. The van der Waals surface area contributed by atoms with Crippen molar-refractivity contribution in [3.63, 3.8) is 0 Å². The van der Waals surface area contributed by atoms with Crippen LogP contribution < -0.4 is 0 Å². The van der Waals surface area contributed by atoms with Crippen molar-refractivity contribution < 1.29 is 14.1 Å². The zero-order valence-electron chi connectivity index (χ0n) is 16.0. The summed E-state index contributed by atoms with van der Waals surface area (Å²) in [4.78, 5) is 23.5. The van der Waals surface area contributed by atoms with Crippen molar-refractivity contribution in [1.29, 1.82) is 0 Å². The zero-order chi connectivity index (χ0) is 19.5. The van der Waals surface area contributed by atoms with E-state index in [0.29, 0.717) is 25.4 Å². The summed E-state index contributed by atoms with van der Waals surface area (Å²) in [5.41, 5.74) is 3.79. The number of hydrogen-bond donors (Lipinski definition) is 0. The fourth-order valence-corrected chi connectivity index (χ4v) is 3.42. The minimum atomic E-state index is -0.286. The van der Waals surface area contributed by atoms with Crippen molar-refractivity contribution in [2.24, 2.45) is 0 Å². The Kier molecular flexibility index (Phi) is 5.16. The SMILES string of the molecule is CCc1onc(C)c1-c1cccc(C2CN(C(=O)c3ccccn3)CCO2)n1. The first-order chi connectivity index (χ1) is 13.7. The van der Waals surface area contributed by atoms with E-state index >= 15 is 0 Å². The van der Waals surface area contributed by atoms with Crippen molar-refractivity contribution in [1.82, 2.24) is 20.0 Å². The molecule has 4 rings (SSSR count). The average molecular weight is 378 g/mol. The van der Waals surface area contributed by atoms with Crippen molar-refractivity contribution >= 4 is 5.91 Å². The second kappa shape index (κ2) is 7.90. The predicted octanol–water partition coefficient (Wildman–Crippen LogP) is 3.22. The van der Waals surface area contributed by atoms with Crippen LogP contribution in [0.1, 0.15) is 40.7 Å². The zero-order valence-corrected chi connectivity index (χ0v) is 16.0. The molecule has 0 aliphatic carbocycles. The van der Waals surface area contributed by atoms with Gasteiger partial charge in [-0.05, 0) is 31.2 Å². The molecule has 4 heterocycles. The highest BCUT2D eigenvalue weighted by Crippen LogP contribution is 2.29. The van der Waals surface area contributed by atoms with Gasteiger partial charge < -0.3 is 14.2 Å². The molecule has 3 aromatic heterocycles. The lowest BCUT2D eigenvalue weighted by atomic mass is 10.1. The fourth-order valence-electron chi connectivity index (χ4n) is 3.42. The van der Waals surface area contributed by atoms with Crippen LogP contribution in [0, 0.1) is 6.92 Å². The normalized spacial score (nSPS) is 16.9. The van der Waals surface area contributed by atoms with E-state index in [-0.39, 0.29) is 12.0 Å². The third kappa shape index (κ3) is 3.53. The maximum Gasteiger partial charge on any atom is 0.272 e. The largest absolute Gasteiger partial charge is 0.368 e. The number of rotatable bonds is 4. The molecule has 0 aromatic carbocycles. The van der Waals surface area contributed by atoms with Gasteiger partial charge in [-0.25, -0.2) is 4.98 Å². The first-order valence-corrected chi connectivity index (χ1v) is 9.41. The molecule has 0 saturated carbocycles. The Labute approximate surface area is 163 Å². The molecule has 1 unspecified atom stereocenters. The maximum absolute atomic E-state index is 12.7. The van der Waals surface area contributed by atoms with Crippen molar-refractivity contribution in [2.75, 3.05) is 19.7 Å². The number of carbonyl (C=O) groups excluding carboxylic acids is 1. The molecular formula is C21H22N4O3. The van der Waals surface area contributed by atoms with Crippen molar-refractivity contribution in [3.8, 4) is 11.3 Å². The summed E-state index contributed by atoms with van der Waals surface area (Å²) in [7, 11) is 0. The third-order valence-corrected chi connectivity index (χ3v) is 4.85. The molecule has 0 bridgehead atoms. The van der Waals surface area contributed by atoms with Crippen LogP contribution in [0.25, 0.3) is 11.3 Å². The van der Waals surface area contributed by atoms with Crippen LogP contribution in [0.5, 0.6) is 0 Å². The highest BCUT2D eigenvalue weighted by molar-refractivity contribution is 5.92. The second-order valence-electron chi connectivity index (χ2n) is 6.69. The minimum absolute atomic E-state index is 0.0896. The van der Waals surface area contributed by atoms with Gasteiger partial charge in [0.05, 0.1) is 35.8 Å². The molecule has 1 atom stereocenters. The van der Waals surface area contributed by atoms with Gasteiger partial charge >= 0.3 is 0 Å². The minimum Gasteiger partial charge on any atom is -0.368 e. The monoisotopic (exact) mass is 378 g/mol. The number of hydrogen-bond acceptors (Lipinski definition) is 6. The van der Waals surface area contributed by atoms with E-state index < -0.39 is 0 Å². The molecule has 1 aliphatic heterocycles. The van der Waals surface area contributed by atoms with E-state index in [1.54, 1.807) is 23.2 Å². The van der Waals surface area contributed by atoms with E-state index in [0.717, 1.165) is 34.8 Å². The van der Waals surface area contributed by atoms with Crippen LogP contribution >= 0.6 is 0 Å². The molecule has 3 aromatic rings. The molecule has 0 N–H and O–H groups in total. The topological polar surface area (TPSA) is 81.4 Å². The number of pyridine rings is 2. The number of aryl methyl sites for hydroxylation is 2. The quantitative estimate of drug-likeness (QED) is 0.693. The standard InChI is InChI=1S/C21H22N4O3/c1-3-18-20(14(2)24-28-18)16-9-6-8-15(23-16)19-13-25(11-12-27-19)21(26)17-7-4-5-10-22-17/h4-10,19H,3,11-13H2,1-2H3. The Morgan fingerprint density at radius 1 is 1.25 bits per heavy atom. The number of amides is 1. The van der Waals surface area contributed by atoms with E-state index in [9.17, 15) is 4.79 Å². The van der Waals surface area contributed by atoms with E-state index in [4.69, 9.17) is 14.2 Å². The number of ether oxygens (including phenoxy) is 1. The molecule has 1 saturated heterocycles. The van der Waals surface area contributed by atoms with E-state index in [2.05, 4.69) is 10.1 Å². The smallest absolute Gasteiger partial charge is 0.272 e. The van der Waals surface area contributed by atoms with Crippen LogP contribution in [0.15, 0.2) is 47.1 Å². The fraction of sp³-hybridized carbons (Fsp3) is 0.333. The average Bonchev–Trinajstić information content (AvgIpc) is 3.14. The van der Waals surface area contributed by atoms with Gasteiger partial charge in [-0.1, -0.05) is 24.2 Å². The molecule has 1 amide bonds. The second-order valence-corrected chi connectivity index (χ2v) is 6.69. The molecule has 7 nitrogen and oxygen atoms in total. The Morgan fingerprint density at radius 3 is 2.93 bits per heavy atom. The van der Waals surface area contributed by atoms with Gasteiger partial charge in [0.15, 0.2) is 0 Å². The summed E-state index contributed by atoms with van der Waals surface area (Å²) in [6.07, 6.45) is 2.09. The van der Waals surface area contributed by atoms with Gasteiger partial charge in [0.1, 0.15) is 17.6 Å². The first kappa shape index (κ1) is 18.3. The predicted molar refractivity (Wildman–Crippen MR) is 103 cm³/mol. The van der Waals surface area contributed by atoms with E-state index in [1.165, 1.54) is 0 Å². The molecule has 28 heavy (non-hydrogen) atoms. The first-order valence-electron chi connectivity index (χ1n) is 9.41. The van der Waals surface area contributed by atoms with Gasteiger partial charge in [-0.15, -0.1) is 0 Å². The van der Waals surface area contributed by atoms with Gasteiger partial charge in [-0.2, -0.15) is 0 Å². The highest BCUT2D eigenvalue weighted by atomic mass is 16.5. The number of morpholine rings is 1. The third-order valence-electron chi connectivity index (χ3n) is 4.85. The summed E-state index contributed by atoms with van der Waals surface area (Å²) in [5.74, 6) is 0.729. The van der Waals surface area contributed by atoms with Crippen molar-refractivity contribution in [3.05, 3.63) is 65.4 Å². The maximum atomic E-state index is 12.7. The Balaban J connectivity index is 1.58. The van der Waals surface area contributed by atoms with Crippen LogP contribution in [-0.4, -0.2) is 45.6 Å². The summed E-state index contributed by atoms with van der Waals surface area (Å²) in [6.45, 7) is 5.38. The Bertz CT molecular complexity index is 971.